The number of carbonyl (C=O) groups excluding carboxylic acids is 1. The topological polar surface area (TPSA) is 49.7 Å². The predicted molar refractivity (Wildman–Crippen MR) is 90.8 cm³/mol. The lowest BCUT2D eigenvalue weighted by Gasteiger charge is -2.21. The molecular formula is C19H16N2O2. The van der Waals surface area contributed by atoms with Crippen molar-refractivity contribution in [2.24, 2.45) is 5.29 Å². The van der Waals surface area contributed by atoms with Crippen LogP contribution < -0.4 is 0 Å². The molecule has 23 heavy (non-hydrogen) atoms. The number of amides is 1. The van der Waals surface area contributed by atoms with Crippen LogP contribution in [-0.4, -0.2) is 10.9 Å². The van der Waals surface area contributed by atoms with Crippen LogP contribution in [0.1, 0.15) is 28.9 Å². The van der Waals surface area contributed by atoms with Crippen molar-refractivity contribution in [1.82, 2.24) is 5.01 Å². The summed E-state index contributed by atoms with van der Waals surface area (Å²) in [7, 11) is 0. The van der Waals surface area contributed by atoms with E-state index in [4.69, 9.17) is 0 Å². The fourth-order valence-corrected chi connectivity index (χ4v) is 2.61. The minimum atomic E-state index is -0.423. The van der Waals surface area contributed by atoms with E-state index in [0.717, 1.165) is 21.3 Å². The van der Waals surface area contributed by atoms with Crippen LogP contribution in [0.5, 0.6) is 0 Å². The number of hydrogen-bond donors (Lipinski definition) is 0. The SMILES string of the molecule is CC(c1ccccc1)N(N=O)C(=O)c1ccc2ccccc2c1. The highest BCUT2D eigenvalue weighted by molar-refractivity contribution is 5.98. The Bertz CT molecular complexity index is 846. The minimum absolute atomic E-state index is 0.401. The van der Waals surface area contributed by atoms with Gasteiger partial charge in [0.15, 0.2) is 0 Å². The smallest absolute Gasteiger partial charge is 0.267 e. The quantitative estimate of drug-likeness (QED) is 0.517. The number of fused-ring (bicyclic) bond motifs is 1. The second-order valence-electron chi connectivity index (χ2n) is 5.38. The highest BCUT2D eigenvalue weighted by Crippen LogP contribution is 2.24. The molecule has 0 aliphatic rings. The lowest BCUT2D eigenvalue weighted by Crippen LogP contribution is -2.28. The van der Waals surface area contributed by atoms with E-state index in [2.05, 4.69) is 5.29 Å². The maximum atomic E-state index is 12.7. The van der Waals surface area contributed by atoms with Gasteiger partial charge in [0.05, 0.1) is 11.3 Å². The van der Waals surface area contributed by atoms with E-state index in [9.17, 15) is 9.70 Å². The summed E-state index contributed by atoms with van der Waals surface area (Å²) < 4.78 is 0. The average Bonchev–Trinajstić information content (AvgIpc) is 2.62. The van der Waals surface area contributed by atoms with Gasteiger partial charge >= 0.3 is 0 Å². The monoisotopic (exact) mass is 304 g/mol. The summed E-state index contributed by atoms with van der Waals surface area (Å²) >= 11 is 0. The molecule has 0 bridgehead atoms. The summed E-state index contributed by atoms with van der Waals surface area (Å²) in [6.45, 7) is 1.79. The molecule has 1 amide bonds. The highest BCUT2D eigenvalue weighted by Gasteiger charge is 2.24. The van der Waals surface area contributed by atoms with Gasteiger partial charge in [-0.3, -0.25) is 4.79 Å². The number of benzene rings is 3. The average molecular weight is 304 g/mol. The molecule has 3 aromatic rings. The molecule has 0 aromatic heterocycles. The number of nitroso groups, excluding NO2 is 1. The number of rotatable bonds is 4. The van der Waals surface area contributed by atoms with E-state index < -0.39 is 11.9 Å². The zero-order valence-electron chi connectivity index (χ0n) is 12.7. The van der Waals surface area contributed by atoms with Gasteiger partial charge in [-0.25, -0.2) is 0 Å². The van der Waals surface area contributed by atoms with Gasteiger partial charge in [0.25, 0.3) is 5.91 Å². The van der Waals surface area contributed by atoms with Crippen LogP contribution in [0, 0.1) is 4.91 Å². The van der Waals surface area contributed by atoms with Crippen LogP contribution in [0.25, 0.3) is 10.8 Å². The van der Waals surface area contributed by atoms with Gasteiger partial charge < -0.3 is 0 Å². The van der Waals surface area contributed by atoms with Gasteiger partial charge in [-0.05, 0) is 35.4 Å². The van der Waals surface area contributed by atoms with Crippen molar-refractivity contribution in [2.75, 3.05) is 0 Å². The van der Waals surface area contributed by atoms with Crippen molar-refractivity contribution in [3.63, 3.8) is 0 Å². The Morgan fingerprint density at radius 3 is 2.26 bits per heavy atom. The first-order chi connectivity index (χ1) is 11.2. The molecule has 0 saturated carbocycles. The van der Waals surface area contributed by atoms with Crippen LogP contribution >= 0.6 is 0 Å². The van der Waals surface area contributed by atoms with Crippen LogP contribution in [-0.2, 0) is 0 Å². The predicted octanol–water partition coefficient (Wildman–Crippen LogP) is 4.72. The lowest BCUT2D eigenvalue weighted by atomic mass is 10.0. The molecule has 3 aromatic carbocycles. The number of carbonyl (C=O) groups is 1. The summed E-state index contributed by atoms with van der Waals surface area (Å²) in [5, 5.41) is 5.94. The van der Waals surface area contributed by atoms with Crippen LogP contribution in [0.2, 0.25) is 0 Å². The second-order valence-corrected chi connectivity index (χ2v) is 5.38. The van der Waals surface area contributed by atoms with E-state index in [0.29, 0.717) is 5.56 Å². The van der Waals surface area contributed by atoms with Crippen molar-refractivity contribution in [1.29, 1.82) is 0 Å². The molecule has 1 atom stereocenters. The summed E-state index contributed by atoms with van der Waals surface area (Å²) in [4.78, 5) is 23.9. The molecule has 4 nitrogen and oxygen atoms in total. The second kappa shape index (κ2) is 6.40. The zero-order chi connectivity index (χ0) is 16.2. The number of hydrogen-bond acceptors (Lipinski definition) is 3. The molecule has 114 valence electrons. The van der Waals surface area contributed by atoms with Crippen molar-refractivity contribution < 1.29 is 4.79 Å². The molecule has 0 heterocycles. The first-order valence-corrected chi connectivity index (χ1v) is 7.41. The van der Waals surface area contributed by atoms with Crippen molar-refractivity contribution in [3.8, 4) is 0 Å². The minimum Gasteiger partial charge on any atom is -0.267 e. The van der Waals surface area contributed by atoms with Crippen molar-refractivity contribution >= 4 is 16.7 Å². The Morgan fingerprint density at radius 2 is 1.57 bits per heavy atom. The third-order valence-corrected chi connectivity index (χ3v) is 3.94. The van der Waals surface area contributed by atoms with E-state index in [1.54, 1.807) is 19.1 Å². The Labute approximate surface area is 134 Å². The summed E-state index contributed by atoms with van der Waals surface area (Å²) in [6, 6.07) is 22.1. The lowest BCUT2D eigenvalue weighted by molar-refractivity contribution is 0.0693. The third-order valence-electron chi connectivity index (χ3n) is 3.94. The fraction of sp³-hybridized carbons (Fsp3) is 0.105. The van der Waals surface area contributed by atoms with E-state index in [-0.39, 0.29) is 0 Å². The molecule has 0 spiro atoms. The van der Waals surface area contributed by atoms with E-state index in [1.807, 2.05) is 60.7 Å². The molecule has 1 unspecified atom stereocenters. The standard InChI is InChI=1S/C19H16N2O2/c1-14(15-7-3-2-4-8-15)21(20-23)19(22)18-12-11-16-9-5-6-10-17(16)13-18/h2-14H,1H3. The first-order valence-electron chi connectivity index (χ1n) is 7.41. The Morgan fingerprint density at radius 1 is 0.913 bits per heavy atom. The molecular weight excluding hydrogens is 288 g/mol. The van der Waals surface area contributed by atoms with Gasteiger partial charge in [-0.2, -0.15) is 5.01 Å². The fourth-order valence-electron chi connectivity index (χ4n) is 2.61. The van der Waals surface area contributed by atoms with Crippen LogP contribution in [0.3, 0.4) is 0 Å². The molecule has 0 fully saturated rings. The number of nitrogens with zero attached hydrogens (tertiary/aromatic N) is 2. The van der Waals surface area contributed by atoms with E-state index >= 15 is 0 Å². The first kappa shape index (κ1) is 14.9. The molecule has 0 aliphatic heterocycles. The summed E-state index contributed by atoms with van der Waals surface area (Å²) in [6.07, 6.45) is 0. The van der Waals surface area contributed by atoms with E-state index in [1.165, 1.54) is 0 Å². The van der Waals surface area contributed by atoms with Gasteiger partial charge in [0.1, 0.15) is 0 Å². The highest BCUT2D eigenvalue weighted by atomic mass is 16.3. The Hall–Kier alpha value is -3.01. The molecule has 4 heteroatoms. The van der Waals surface area contributed by atoms with Gasteiger partial charge in [-0.1, -0.05) is 60.7 Å². The zero-order valence-corrected chi connectivity index (χ0v) is 12.7. The Balaban J connectivity index is 1.93. The normalized spacial score (nSPS) is 11.9. The molecule has 0 N–H and O–H groups in total. The maximum Gasteiger partial charge on any atom is 0.277 e. The molecule has 0 aliphatic carbocycles. The molecule has 0 radical (unpaired) electrons. The van der Waals surface area contributed by atoms with Gasteiger partial charge in [0.2, 0.25) is 0 Å². The van der Waals surface area contributed by atoms with Crippen LogP contribution in [0.15, 0.2) is 78.1 Å². The van der Waals surface area contributed by atoms with Gasteiger partial charge in [-0.15, -0.1) is 4.91 Å². The third kappa shape index (κ3) is 2.97. The summed E-state index contributed by atoms with van der Waals surface area (Å²) in [5.41, 5.74) is 1.31. The van der Waals surface area contributed by atoms with Gasteiger partial charge in [0, 0.05) is 5.56 Å². The van der Waals surface area contributed by atoms with Crippen molar-refractivity contribution in [3.05, 3.63) is 88.8 Å². The van der Waals surface area contributed by atoms with Crippen molar-refractivity contribution in [2.45, 2.75) is 13.0 Å². The molecule has 0 saturated heterocycles. The largest absolute Gasteiger partial charge is 0.277 e. The van der Waals surface area contributed by atoms with Crippen LogP contribution in [0.4, 0.5) is 0 Å². The maximum absolute atomic E-state index is 12.7. The summed E-state index contributed by atoms with van der Waals surface area (Å²) in [5.74, 6) is -0.401. The Kier molecular flexibility index (Phi) is 4.15. The molecule has 3 rings (SSSR count).